The van der Waals surface area contributed by atoms with Crippen LogP contribution in [0, 0.1) is 23.7 Å². The van der Waals surface area contributed by atoms with E-state index in [0.29, 0.717) is 50.5 Å². The van der Waals surface area contributed by atoms with Gasteiger partial charge in [-0.05, 0) is 106 Å². The van der Waals surface area contributed by atoms with Gasteiger partial charge in [0.15, 0.2) is 5.78 Å². The summed E-state index contributed by atoms with van der Waals surface area (Å²) in [5.41, 5.74) is 1.43. The molecule has 22 heteroatoms. The maximum Gasteiger partial charge on any atom is 0.329 e. The number of hydrogen-bond acceptors (Lipinski definition) is 16. The maximum absolute atomic E-state index is 14.6. The number of benzene rings is 2. The molecule has 0 spiro atoms. The molecular weight excluding hydrogens is 1100 g/mol. The van der Waals surface area contributed by atoms with Crippen LogP contribution in [0.5, 0.6) is 0 Å². The number of ether oxygens (including phenoxy) is 4. The monoisotopic (exact) mass is 1180 g/mol. The number of ketones is 2. The van der Waals surface area contributed by atoms with Crippen LogP contribution in [0.1, 0.15) is 142 Å². The first-order valence-electron chi connectivity index (χ1n) is 30.2. The van der Waals surface area contributed by atoms with Gasteiger partial charge >= 0.3 is 17.9 Å². The predicted molar refractivity (Wildman–Crippen MR) is 309 cm³/mol. The molecule has 466 valence electrons. The van der Waals surface area contributed by atoms with E-state index in [0.717, 1.165) is 10.5 Å². The number of nitrogens with one attached hydrogen (secondary N) is 3. The molecule has 3 heterocycles. The van der Waals surface area contributed by atoms with Crippen LogP contribution in [-0.4, -0.2) is 174 Å². The maximum atomic E-state index is 14.6. The van der Waals surface area contributed by atoms with Crippen molar-refractivity contribution in [3.63, 3.8) is 0 Å². The third kappa shape index (κ3) is 19.2. The molecular formula is C63H88N6O16. The number of Topliss-reactive ketones (excluding diaryl/α,β-unsaturated/α-hetero) is 2. The molecule has 0 unspecified atom stereocenters. The zero-order valence-electron chi connectivity index (χ0n) is 50.4. The van der Waals surface area contributed by atoms with Gasteiger partial charge in [0.05, 0.1) is 39.0 Å². The number of cyclic esters (lactones) is 1. The largest absolute Gasteiger partial charge is 0.469 e. The molecule has 6 amide bonds. The van der Waals surface area contributed by atoms with Gasteiger partial charge in [0.1, 0.15) is 36.4 Å². The van der Waals surface area contributed by atoms with E-state index in [9.17, 15) is 57.8 Å². The van der Waals surface area contributed by atoms with Gasteiger partial charge in [-0.1, -0.05) is 81.4 Å². The fourth-order valence-corrected chi connectivity index (χ4v) is 12.1. The van der Waals surface area contributed by atoms with Crippen molar-refractivity contribution < 1.29 is 76.8 Å². The highest BCUT2D eigenvalue weighted by atomic mass is 16.6. The summed E-state index contributed by atoms with van der Waals surface area (Å²) in [6.45, 7) is 6.61. The molecule has 1 aliphatic carbocycles. The van der Waals surface area contributed by atoms with Gasteiger partial charge in [0.2, 0.25) is 35.3 Å². The summed E-state index contributed by atoms with van der Waals surface area (Å²) in [6.07, 6.45) is 1.32. The lowest BCUT2D eigenvalue weighted by Gasteiger charge is -2.42. The minimum absolute atomic E-state index is 0.00575. The third-order valence-electron chi connectivity index (χ3n) is 17.2. The Hall–Kier alpha value is -7.07. The lowest BCUT2D eigenvalue weighted by molar-refractivity contribution is -0.263. The molecule has 4 aliphatic rings. The molecule has 4 fully saturated rings. The zero-order chi connectivity index (χ0) is 62.0. The summed E-state index contributed by atoms with van der Waals surface area (Å²) in [5, 5.41) is 20.4. The van der Waals surface area contributed by atoms with Gasteiger partial charge in [-0.15, -0.1) is 0 Å². The number of nitrogens with zero attached hydrogens (tertiary/aromatic N) is 3. The van der Waals surface area contributed by atoms with Crippen LogP contribution in [0.15, 0.2) is 60.7 Å². The van der Waals surface area contributed by atoms with Crippen molar-refractivity contribution >= 4 is 64.9 Å². The van der Waals surface area contributed by atoms with E-state index >= 15 is 0 Å². The van der Waals surface area contributed by atoms with E-state index in [1.165, 1.54) is 37.9 Å². The molecule has 0 aromatic heterocycles. The van der Waals surface area contributed by atoms with Crippen molar-refractivity contribution in [3.05, 3.63) is 71.8 Å². The highest BCUT2D eigenvalue weighted by Crippen LogP contribution is 2.38. The molecule has 2 aromatic carbocycles. The normalized spacial score (nSPS) is 29.5. The summed E-state index contributed by atoms with van der Waals surface area (Å²) in [4.78, 5) is 155. The summed E-state index contributed by atoms with van der Waals surface area (Å²) in [6, 6.07) is 13.3. The fraction of sp³-hybridized carbons (Fsp3) is 0.635. The standard InChI is InChI=1S/C63H88N6O16/c1-39-33-45(24-27-51(39)83-56(74)30-29-55(73)82-7)34-40(2)52-37-54(72)64-31-16-21-46(70)38-67(5)60(78)48(35-43-17-10-8-11-18-43)66-58(76)50(36-44-19-12-9-13-20-44)68(6)59(77)42(4)65-53(71)28-26-47-25-23-41(3)63(81,85-47)57(75)61(79)69-32-15-14-22-49(69)62(80)84-52/h8-13,17-20,39-42,45,47-52,81H,14-16,21-38H2,1-7H3,(H,64,72)(H,65,71)(H,66,76)/t39-,40-,41-,42+,45-,47+,48+,49+,50+,51-,52+,63-/m1/s1. The van der Waals surface area contributed by atoms with Gasteiger partial charge in [0.25, 0.3) is 11.7 Å². The van der Waals surface area contributed by atoms with Crippen molar-refractivity contribution in [1.29, 1.82) is 0 Å². The van der Waals surface area contributed by atoms with Crippen LogP contribution in [0.25, 0.3) is 0 Å². The molecule has 4 N–H and O–H groups in total. The first-order chi connectivity index (χ1) is 40.5. The first kappa shape index (κ1) is 67.1. The number of aliphatic hydroxyl groups is 1. The lowest BCUT2D eigenvalue weighted by Crippen LogP contribution is -2.60. The van der Waals surface area contributed by atoms with E-state index in [1.807, 2.05) is 26.0 Å². The number of likely N-dealkylation sites (N-methyl/N-ethyl adjacent to an activating group) is 2. The van der Waals surface area contributed by atoms with Crippen LogP contribution in [0.3, 0.4) is 0 Å². The summed E-state index contributed by atoms with van der Waals surface area (Å²) >= 11 is 0. The van der Waals surface area contributed by atoms with Crippen LogP contribution < -0.4 is 16.0 Å². The number of amides is 6. The average molecular weight is 1190 g/mol. The molecule has 1 saturated carbocycles. The van der Waals surface area contributed by atoms with Gasteiger partial charge in [0, 0.05) is 58.8 Å². The second-order valence-electron chi connectivity index (χ2n) is 23.8. The van der Waals surface area contributed by atoms with Crippen molar-refractivity contribution in [1.82, 2.24) is 30.7 Å². The van der Waals surface area contributed by atoms with Gasteiger partial charge in [-0.3, -0.25) is 47.9 Å². The van der Waals surface area contributed by atoms with E-state index in [1.54, 1.807) is 55.5 Å². The second kappa shape index (κ2) is 31.9. The van der Waals surface area contributed by atoms with Crippen LogP contribution in [0.2, 0.25) is 0 Å². The average Bonchev–Trinajstić information content (AvgIpc) is 3.33. The molecule has 0 radical (unpaired) electrons. The number of hydrogen-bond donors (Lipinski definition) is 4. The Labute approximate surface area is 498 Å². The second-order valence-corrected chi connectivity index (χ2v) is 23.8. The fourth-order valence-electron chi connectivity index (χ4n) is 12.1. The van der Waals surface area contributed by atoms with E-state index in [2.05, 4.69) is 20.7 Å². The number of carbonyl (C=O) groups excluding carboxylic acids is 11. The molecule has 12 atom stereocenters. The van der Waals surface area contributed by atoms with E-state index in [-0.39, 0.29) is 114 Å². The Balaban J connectivity index is 1.24. The van der Waals surface area contributed by atoms with Crippen molar-refractivity contribution in [3.8, 4) is 0 Å². The minimum atomic E-state index is -2.61. The summed E-state index contributed by atoms with van der Waals surface area (Å²) < 4.78 is 22.7. The van der Waals surface area contributed by atoms with Crippen LogP contribution >= 0.6 is 0 Å². The Morgan fingerprint density at radius 2 is 1.44 bits per heavy atom. The lowest BCUT2D eigenvalue weighted by atomic mass is 9.75. The van der Waals surface area contributed by atoms with Crippen LogP contribution in [0.4, 0.5) is 0 Å². The molecule has 22 nitrogen and oxygen atoms in total. The van der Waals surface area contributed by atoms with Gasteiger partial charge in [-0.25, -0.2) is 4.79 Å². The Morgan fingerprint density at radius 1 is 0.765 bits per heavy atom. The first-order valence-corrected chi connectivity index (χ1v) is 30.2. The minimum Gasteiger partial charge on any atom is -0.469 e. The topological polar surface area (TPSA) is 291 Å². The summed E-state index contributed by atoms with van der Waals surface area (Å²) in [5.74, 6) is -11.3. The predicted octanol–water partition coefficient (Wildman–Crippen LogP) is 4.09. The zero-order valence-corrected chi connectivity index (χ0v) is 50.4. The van der Waals surface area contributed by atoms with Crippen LogP contribution in [-0.2, 0) is 84.5 Å². The van der Waals surface area contributed by atoms with Gasteiger partial charge < -0.3 is 54.7 Å². The SMILES string of the molecule is COC(=O)CCC(=O)O[C@@H]1CC[C@@H](C[C@@H](C)[C@@H]2CC(=O)NCCCC(=O)CN(C)C(=O)[C@H](Cc3ccccc3)NC(=O)[C@H](Cc3ccccc3)N(C)C(=O)[C@H](C)NC(=O)CC[C@@H]3CC[C@@H](C)[C@@](O)(O3)C(=O)C(=O)N3CCCC[C@H]3C(=O)O2)C[C@H]1C. The molecule has 85 heavy (non-hydrogen) atoms. The van der Waals surface area contributed by atoms with Crippen molar-refractivity contribution in [2.24, 2.45) is 23.7 Å². The third-order valence-corrected chi connectivity index (χ3v) is 17.2. The number of esters is 3. The Kier molecular flexibility index (Phi) is 25.2. The summed E-state index contributed by atoms with van der Waals surface area (Å²) in [7, 11) is 4.14. The number of fused-ring (bicyclic) bond motifs is 3. The highest BCUT2D eigenvalue weighted by molar-refractivity contribution is 6.39. The Morgan fingerprint density at radius 3 is 2.11 bits per heavy atom. The smallest absolute Gasteiger partial charge is 0.329 e. The highest BCUT2D eigenvalue weighted by Gasteiger charge is 2.53. The van der Waals surface area contributed by atoms with Crippen molar-refractivity contribution in [2.45, 2.75) is 192 Å². The molecule has 3 aliphatic heterocycles. The van der Waals surface area contributed by atoms with E-state index in [4.69, 9.17) is 14.2 Å². The quantitative estimate of drug-likeness (QED) is 0.140. The number of rotatable bonds is 11. The number of piperidine rings is 1. The Bertz CT molecular complexity index is 2680. The number of methoxy groups -OCH3 is 1. The van der Waals surface area contributed by atoms with Crippen molar-refractivity contribution in [2.75, 3.05) is 40.8 Å². The number of carbonyl (C=O) groups is 11. The van der Waals surface area contributed by atoms with E-state index < -0.39 is 113 Å². The molecule has 2 aromatic rings. The molecule has 3 saturated heterocycles. The van der Waals surface area contributed by atoms with Gasteiger partial charge in [-0.2, -0.15) is 0 Å². The molecule has 2 bridgehead atoms. The molecule has 6 rings (SSSR count).